The molecule has 0 saturated carbocycles. The SMILES string of the molecule is CN=S(C)(=O)N(C)Cc1ccc(OC)cc1. The van der Waals surface area contributed by atoms with E-state index in [9.17, 15) is 4.21 Å². The first kappa shape index (κ1) is 13.0. The molecule has 0 saturated heterocycles. The number of methoxy groups -OCH3 is 1. The summed E-state index contributed by atoms with van der Waals surface area (Å²) in [7, 11) is 2.78. The molecule has 0 spiro atoms. The number of rotatable bonds is 4. The van der Waals surface area contributed by atoms with E-state index < -0.39 is 9.92 Å². The van der Waals surface area contributed by atoms with E-state index in [2.05, 4.69) is 4.36 Å². The van der Waals surface area contributed by atoms with Gasteiger partial charge in [-0.2, -0.15) is 0 Å². The Hall–Kier alpha value is -1.07. The first-order valence-electron chi connectivity index (χ1n) is 4.94. The molecule has 0 aliphatic rings. The first-order chi connectivity index (χ1) is 7.49. The van der Waals surface area contributed by atoms with Crippen molar-refractivity contribution in [3.05, 3.63) is 29.8 Å². The van der Waals surface area contributed by atoms with Gasteiger partial charge in [0.25, 0.3) is 0 Å². The van der Waals surface area contributed by atoms with Crippen molar-refractivity contribution in [1.82, 2.24) is 4.31 Å². The predicted molar refractivity (Wildman–Crippen MR) is 66.9 cm³/mol. The molecule has 1 aromatic carbocycles. The lowest BCUT2D eigenvalue weighted by atomic mass is 10.2. The van der Waals surface area contributed by atoms with Crippen LogP contribution in [0.2, 0.25) is 0 Å². The van der Waals surface area contributed by atoms with Crippen molar-refractivity contribution in [2.45, 2.75) is 6.54 Å². The largest absolute Gasteiger partial charge is 0.497 e. The number of hydrogen-bond donors (Lipinski definition) is 0. The van der Waals surface area contributed by atoms with Gasteiger partial charge in [0, 0.05) is 26.9 Å². The number of nitrogens with zero attached hydrogens (tertiary/aromatic N) is 2. The highest BCUT2D eigenvalue weighted by molar-refractivity contribution is 7.90. The molecule has 0 amide bonds. The molecule has 5 heteroatoms. The van der Waals surface area contributed by atoms with Gasteiger partial charge in [-0.3, -0.25) is 0 Å². The maximum Gasteiger partial charge on any atom is 0.118 e. The van der Waals surface area contributed by atoms with Gasteiger partial charge in [-0.15, -0.1) is 0 Å². The molecule has 16 heavy (non-hydrogen) atoms. The Kier molecular flexibility index (Phi) is 4.32. The average Bonchev–Trinajstić information content (AvgIpc) is 2.30. The normalized spacial score (nSPS) is 14.6. The van der Waals surface area contributed by atoms with Crippen LogP contribution in [0.3, 0.4) is 0 Å². The van der Waals surface area contributed by atoms with E-state index in [1.807, 2.05) is 24.3 Å². The Morgan fingerprint density at radius 3 is 2.38 bits per heavy atom. The Bertz CT molecular complexity index is 448. The summed E-state index contributed by atoms with van der Waals surface area (Å²) in [5.74, 6) is 0.823. The summed E-state index contributed by atoms with van der Waals surface area (Å²) in [5.41, 5.74) is 1.08. The van der Waals surface area contributed by atoms with Crippen LogP contribution in [0.1, 0.15) is 5.56 Å². The molecule has 0 bridgehead atoms. The van der Waals surface area contributed by atoms with Crippen molar-refractivity contribution in [3.8, 4) is 5.75 Å². The summed E-state index contributed by atoms with van der Waals surface area (Å²) in [4.78, 5) is 0. The van der Waals surface area contributed by atoms with Crippen LogP contribution in [0.5, 0.6) is 5.75 Å². The summed E-state index contributed by atoms with van der Waals surface area (Å²) in [6.45, 7) is 0.608. The van der Waals surface area contributed by atoms with Crippen molar-refractivity contribution in [3.63, 3.8) is 0 Å². The molecule has 1 atom stereocenters. The molecular weight excluding hydrogens is 224 g/mol. The van der Waals surface area contributed by atoms with Crippen molar-refractivity contribution in [2.24, 2.45) is 4.36 Å². The van der Waals surface area contributed by atoms with Crippen LogP contribution < -0.4 is 4.74 Å². The lowest BCUT2D eigenvalue weighted by molar-refractivity contribution is 0.414. The van der Waals surface area contributed by atoms with Gasteiger partial charge in [0.2, 0.25) is 0 Å². The monoisotopic (exact) mass is 242 g/mol. The molecule has 90 valence electrons. The lowest BCUT2D eigenvalue weighted by Gasteiger charge is -2.17. The van der Waals surface area contributed by atoms with Gasteiger partial charge in [0.05, 0.1) is 7.11 Å². The molecule has 0 radical (unpaired) electrons. The standard InChI is InChI=1S/C11H18N2O2S/c1-12-16(4,14)13(2)9-10-5-7-11(15-3)8-6-10/h5-8H,9H2,1-4H3. The highest BCUT2D eigenvalue weighted by Crippen LogP contribution is 2.13. The highest BCUT2D eigenvalue weighted by Gasteiger charge is 2.09. The fraction of sp³-hybridized carbons (Fsp3) is 0.455. The van der Waals surface area contributed by atoms with Crippen molar-refractivity contribution in [1.29, 1.82) is 0 Å². The zero-order chi connectivity index (χ0) is 12.2. The second-order valence-corrected chi connectivity index (χ2v) is 6.09. The molecule has 0 aromatic heterocycles. The summed E-state index contributed by atoms with van der Waals surface area (Å²) < 4.78 is 22.6. The molecule has 1 aromatic rings. The number of benzene rings is 1. The van der Waals surface area contributed by atoms with Crippen LogP contribution in [0.4, 0.5) is 0 Å². The molecule has 1 unspecified atom stereocenters. The van der Waals surface area contributed by atoms with Gasteiger partial charge < -0.3 is 4.74 Å². The molecular formula is C11H18N2O2S. The highest BCUT2D eigenvalue weighted by atomic mass is 32.2. The third-order valence-electron chi connectivity index (χ3n) is 2.48. The van der Waals surface area contributed by atoms with E-state index in [1.54, 1.807) is 31.8 Å². The van der Waals surface area contributed by atoms with Crippen LogP contribution in [0.25, 0.3) is 0 Å². The molecule has 0 aliphatic carbocycles. The Morgan fingerprint density at radius 2 is 1.94 bits per heavy atom. The molecule has 1 rings (SSSR count). The van der Waals surface area contributed by atoms with Crippen LogP contribution in [0, 0.1) is 0 Å². The summed E-state index contributed by atoms with van der Waals surface area (Å²) in [5, 5.41) is 0. The molecule has 4 nitrogen and oxygen atoms in total. The van der Waals surface area contributed by atoms with Crippen LogP contribution in [0.15, 0.2) is 28.6 Å². The minimum Gasteiger partial charge on any atom is -0.497 e. The van der Waals surface area contributed by atoms with Gasteiger partial charge in [0.1, 0.15) is 15.7 Å². The Balaban J connectivity index is 2.78. The van der Waals surface area contributed by atoms with Crippen LogP contribution in [-0.2, 0) is 16.5 Å². The van der Waals surface area contributed by atoms with Crippen molar-refractivity contribution >= 4 is 9.92 Å². The number of ether oxygens (including phenoxy) is 1. The topological polar surface area (TPSA) is 41.9 Å². The maximum atomic E-state index is 11.9. The molecule has 0 heterocycles. The Morgan fingerprint density at radius 1 is 1.38 bits per heavy atom. The van der Waals surface area contributed by atoms with Gasteiger partial charge in [0.15, 0.2) is 0 Å². The second kappa shape index (κ2) is 5.32. The minimum atomic E-state index is -2.23. The molecule has 0 N–H and O–H groups in total. The van der Waals surface area contributed by atoms with E-state index in [0.29, 0.717) is 6.54 Å². The van der Waals surface area contributed by atoms with Crippen molar-refractivity contribution in [2.75, 3.05) is 27.5 Å². The molecule has 0 fully saturated rings. The van der Waals surface area contributed by atoms with E-state index in [1.165, 1.54) is 0 Å². The van der Waals surface area contributed by atoms with Gasteiger partial charge >= 0.3 is 0 Å². The van der Waals surface area contributed by atoms with E-state index in [-0.39, 0.29) is 0 Å². The third kappa shape index (κ3) is 3.21. The summed E-state index contributed by atoms with van der Waals surface area (Å²) >= 11 is 0. The number of hydrogen-bond acceptors (Lipinski definition) is 3. The zero-order valence-electron chi connectivity index (χ0n) is 10.1. The fourth-order valence-electron chi connectivity index (χ4n) is 1.25. The van der Waals surface area contributed by atoms with Gasteiger partial charge in [-0.1, -0.05) is 12.1 Å². The van der Waals surface area contributed by atoms with Crippen molar-refractivity contribution < 1.29 is 8.95 Å². The maximum absolute atomic E-state index is 11.9. The fourth-order valence-corrected chi connectivity index (χ4v) is 1.91. The average molecular weight is 242 g/mol. The van der Waals surface area contributed by atoms with Gasteiger partial charge in [-0.05, 0) is 17.7 Å². The quantitative estimate of drug-likeness (QED) is 0.807. The molecule has 0 aliphatic heterocycles. The van der Waals surface area contributed by atoms with Crippen LogP contribution in [-0.4, -0.2) is 36.0 Å². The zero-order valence-corrected chi connectivity index (χ0v) is 11.0. The van der Waals surface area contributed by atoms with E-state index in [4.69, 9.17) is 4.74 Å². The minimum absolute atomic E-state index is 0.608. The third-order valence-corrected chi connectivity index (χ3v) is 4.44. The van der Waals surface area contributed by atoms with E-state index >= 15 is 0 Å². The second-order valence-electron chi connectivity index (χ2n) is 3.58. The van der Waals surface area contributed by atoms with Gasteiger partial charge in [-0.25, -0.2) is 12.9 Å². The Labute approximate surface area is 97.5 Å². The van der Waals surface area contributed by atoms with E-state index in [0.717, 1.165) is 11.3 Å². The predicted octanol–water partition coefficient (Wildman–Crippen LogP) is 1.77. The first-order valence-corrected chi connectivity index (χ1v) is 6.82. The lowest BCUT2D eigenvalue weighted by Crippen LogP contribution is -2.24. The van der Waals surface area contributed by atoms with Crippen LogP contribution >= 0.6 is 0 Å². The summed E-state index contributed by atoms with van der Waals surface area (Å²) in [6.07, 6.45) is 1.64. The smallest absolute Gasteiger partial charge is 0.118 e. The summed E-state index contributed by atoms with van der Waals surface area (Å²) in [6, 6.07) is 7.70.